The van der Waals surface area contributed by atoms with Gasteiger partial charge in [-0.05, 0) is 49.1 Å². The van der Waals surface area contributed by atoms with Crippen LogP contribution in [-0.4, -0.2) is 54.5 Å². The maximum absolute atomic E-state index is 13.3. The molecule has 9 heteroatoms. The molecule has 2 aliphatic rings. The van der Waals surface area contributed by atoms with E-state index in [1.165, 1.54) is 24.0 Å². The van der Waals surface area contributed by atoms with Crippen molar-refractivity contribution < 1.29 is 14.3 Å². The van der Waals surface area contributed by atoms with Gasteiger partial charge in [-0.25, -0.2) is 9.78 Å². The molecule has 0 aliphatic carbocycles. The fourth-order valence-electron chi connectivity index (χ4n) is 4.89. The Morgan fingerprint density at radius 3 is 2.75 bits per heavy atom. The Kier molecular flexibility index (Phi) is 7.60. The van der Waals surface area contributed by atoms with Gasteiger partial charge in [-0.2, -0.15) is 0 Å². The highest BCUT2D eigenvalue weighted by Crippen LogP contribution is 2.36. The molecule has 2 aliphatic heterocycles. The molecule has 0 unspecified atom stereocenters. The number of methoxy groups -OCH3 is 1. The monoisotopic (exact) mass is 505 g/mol. The first kappa shape index (κ1) is 24.4. The van der Waals surface area contributed by atoms with E-state index in [-0.39, 0.29) is 11.9 Å². The van der Waals surface area contributed by atoms with Crippen molar-refractivity contribution in [3.05, 3.63) is 75.8 Å². The summed E-state index contributed by atoms with van der Waals surface area (Å²) in [4.78, 5) is 33.9. The number of pyridine rings is 1. The van der Waals surface area contributed by atoms with Gasteiger partial charge in [0.2, 0.25) is 0 Å². The van der Waals surface area contributed by atoms with Crippen LogP contribution in [0.25, 0.3) is 0 Å². The number of nitrogens with zero attached hydrogens (tertiary/aromatic N) is 2. The van der Waals surface area contributed by atoms with Gasteiger partial charge in [0.1, 0.15) is 10.8 Å². The van der Waals surface area contributed by atoms with Crippen LogP contribution in [0.3, 0.4) is 0 Å². The summed E-state index contributed by atoms with van der Waals surface area (Å²) in [5.41, 5.74) is 3.22. The molecule has 36 heavy (non-hydrogen) atoms. The van der Waals surface area contributed by atoms with Gasteiger partial charge in [-0.15, -0.1) is 11.3 Å². The van der Waals surface area contributed by atoms with Crippen molar-refractivity contribution in [2.24, 2.45) is 0 Å². The third-order valence-corrected chi connectivity index (χ3v) is 7.92. The molecule has 3 aromatic rings. The molecule has 188 valence electrons. The van der Waals surface area contributed by atoms with Crippen LogP contribution in [0.5, 0.6) is 0 Å². The highest BCUT2D eigenvalue weighted by atomic mass is 32.1. The topological polar surface area (TPSA) is 95.6 Å². The normalized spacial score (nSPS) is 16.2. The van der Waals surface area contributed by atoms with E-state index < -0.39 is 5.97 Å². The Labute approximate surface area is 215 Å². The Bertz CT molecular complexity index is 1220. The van der Waals surface area contributed by atoms with Crippen molar-refractivity contribution in [2.75, 3.05) is 37.4 Å². The van der Waals surface area contributed by atoms with Crippen LogP contribution in [0, 0.1) is 0 Å². The summed E-state index contributed by atoms with van der Waals surface area (Å²) in [6.45, 7) is 4.40. The van der Waals surface area contributed by atoms with Crippen LogP contribution in [-0.2, 0) is 24.2 Å². The second-order valence-electron chi connectivity index (χ2n) is 9.16. The van der Waals surface area contributed by atoms with E-state index in [4.69, 9.17) is 4.74 Å². The molecule has 5 rings (SSSR count). The number of aromatic nitrogens is 1. The molecule has 8 nitrogen and oxygen atoms in total. The minimum absolute atomic E-state index is 0.240. The Morgan fingerprint density at radius 1 is 1.17 bits per heavy atom. The lowest BCUT2D eigenvalue weighted by Crippen LogP contribution is -2.39. The quantitative estimate of drug-likeness (QED) is 0.419. The largest absolute Gasteiger partial charge is 0.465 e. The number of thiophene rings is 1. The minimum atomic E-state index is -0.420. The van der Waals surface area contributed by atoms with E-state index in [0.717, 1.165) is 55.9 Å². The van der Waals surface area contributed by atoms with Crippen LogP contribution in [0.15, 0.2) is 48.7 Å². The average molecular weight is 506 g/mol. The number of rotatable bonds is 7. The van der Waals surface area contributed by atoms with Crippen LogP contribution < -0.4 is 16.0 Å². The zero-order chi connectivity index (χ0) is 24.9. The lowest BCUT2D eigenvalue weighted by atomic mass is 10.0. The number of hydrogen-bond acceptors (Lipinski definition) is 8. The van der Waals surface area contributed by atoms with Crippen molar-refractivity contribution in [3.63, 3.8) is 0 Å². The van der Waals surface area contributed by atoms with E-state index in [2.05, 4.69) is 50.1 Å². The van der Waals surface area contributed by atoms with Crippen molar-refractivity contribution in [1.29, 1.82) is 0 Å². The van der Waals surface area contributed by atoms with E-state index in [0.29, 0.717) is 28.5 Å². The number of amides is 1. The van der Waals surface area contributed by atoms with Gasteiger partial charge in [0, 0.05) is 43.3 Å². The van der Waals surface area contributed by atoms with Gasteiger partial charge in [0.05, 0.1) is 18.2 Å². The molecule has 2 aromatic heterocycles. The smallest absolute Gasteiger partial charge is 0.341 e. The lowest BCUT2D eigenvalue weighted by molar-refractivity contribution is 0.0601. The van der Waals surface area contributed by atoms with E-state index in [9.17, 15) is 9.59 Å². The molecule has 0 atom stereocenters. The fourth-order valence-corrected chi connectivity index (χ4v) is 6.09. The van der Waals surface area contributed by atoms with E-state index >= 15 is 0 Å². The number of fused-ring (bicyclic) bond motifs is 1. The number of piperidine rings is 1. The van der Waals surface area contributed by atoms with Crippen LogP contribution in [0.2, 0.25) is 0 Å². The first-order valence-corrected chi connectivity index (χ1v) is 13.2. The molecule has 1 amide bonds. The van der Waals surface area contributed by atoms with Gasteiger partial charge in [0.25, 0.3) is 5.91 Å². The van der Waals surface area contributed by atoms with Crippen molar-refractivity contribution in [2.45, 2.75) is 38.4 Å². The predicted molar refractivity (Wildman–Crippen MR) is 142 cm³/mol. The molecule has 1 aromatic carbocycles. The van der Waals surface area contributed by atoms with Gasteiger partial charge < -0.3 is 20.7 Å². The number of benzene rings is 1. The summed E-state index contributed by atoms with van der Waals surface area (Å²) in [6.07, 6.45) is 4.37. The van der Waals surface area contributed by atoms with E-state index in [1.807, 2.05) is 6.07 Å². The number of carbonyl (C=O) groups is 2. The Balaban J connectivity index is 1.26. The summed E-state index contributed by atoms with van der Waals surface area (Å²) in [5.74, 6) is -0.139. The fraction of sp³-hybridized carbons (Fsp3) is 0.370. The maximum atomic E-state index is 13.3. The number of carbonyl (C=O) groups excluding carboxylic acids is 2. The maximum Gasteiger partial charge on any atom is 0.341 e. The van der Waals surface area contributed by atoms with Crippen LogP contribution in [0.1, 0.15) is 49.6 Å². The number of esters is 1. The molecule has 0 saturated carbocycles. The highest BCUT2D eigenvalue weighted by molar-refractivity contribution is 7.17. The summed E-state index contributed by atoms with van der Waals surface area (Å²) in [7, 11) is 1.37. The lowest BCUT2D eigenvalue weighted by Gasteiger charge is -2.32. The second kappa shape index (κ2) is 11.2. The third-order valence-electron chi connectivity index (χ3n) is 6.77. The number of likely N-dealkylation sites (tertiary alicyclic amines) is 1. The second-order valence-corrected chi connectivity index (χ2v) is 10.3. The SMILES string of the molecule is COC(=O)c1c(NC(=O)c2cccnc2NC2CCN(Cc3ccccc3)CC2)sc2c1CCNC2. The molecule has 1 saturated heterocycles. The molecule has 3 N–H and O–H groups in total. The Morgan fingerprint density at radius 2 is 1.97 bits per heavy atom. The van der Waals surface area contributed by atoms with Gasteiger partial charge in [-0.1, -0.05) is 30.3 Å². The molecule has 0 bridgehead atoms. The molecular weight excluding hydrogens is 474 g/mol. The molecule has 1 fully saturated rings. The summed E-state index contributed by atoms with van der Waals surface area (Å²) in [6, 6.07) is 14.3. The molecular formula is C27H31N5O3S. The average Bonchev–Trinajstić information content (AvgIpc) is 3.28. The van der Waals surface area contributed by atoms with Gasteiger partial charge in [-0.3, -0.25) is 9.69 Å². The van der Waals surface area contributed by atoms with Crippen molar-refractivity contribution >= 4 is 34.0 Å². The number of anilines is 2. The van der Waals surface area contributed by atoms with E-state index in [1.54, 1.807) is 18.3 Å². The number of nitrogens with one attached hydrogen (secondary N) is 3. The summed E-state index contributed by atoms with van der Waals surface area (Å²) < 4.78 is 5.03. The molecule has 0 spiro atoms. The molecule has 0 radical (unpaired) electrons. The Hall–Kier alpha value is -3.27. The zero-order valence-corrected chi connectivity index (χ0v) is 21.2. The molecule has 4 heterocycles. The summed E-state index contributed by atoms with van der Waals surface area (Å²) in [5, 5.41) is 10.3. The van der Waals surface area contributed by atoms with Crippen LogP contribution in [0.4, 0.5) is 10.8 Å². The first-order valence-electron chi connectivity index (χ1n) is 12.3. The minimum Gasteiger partial charge on any atom is -0.465 e. The van der Waals surface area contributed by atoms with Gasteiger partial charge in [0.15, 0.2) is 0 Å². The third kappa shape index (κ3) is 5.43. The van der Waals surface area contributed by atoms with Crippen LogP contribution >= 0.6 is 11.3 Å². The first-order chi connectivity index (χ1) is 17.6. The summed E-state index contributed by atoms with van der Waals surface area (Å²) >= 11 is 1.43. The standard InChI is InChI=1S/C27H31N5O3S/c1-35-27(34)23-20-9-13-28-16-22(20)36-26(23)31-25(33)21-8-5-12-29-24(21)30-19-10-14-32(15-11-19)17-18-6-3-2-4-7-18/h2-8,12,19,28H,9-11,13-17H2,1H3,(H,29,30)(H,31,33). The number of hydrogen-bond donors (Lipinski definition) is 3. The van der Waals surface area contributed by atoms with Crippen molar-refractivity contribution in [3.8, 4) is 0 Å². The predicted octanol–water partition coefficient (Wildman–Crippen LogP) is 3.90. The highest BCUT2D eigenvalue weighted by Gasteiger charge is 2.28. The van der Waals surface area contributed by atoms with Gasteiger partial charge >= 0.3 is 5.97 Å². The van der Waals surface area contributed by atoms with Crippen molar-refractivity contribution in [1.82, 2.24) is 15.2 Å². The zero-order valence-electron chi connectivity index (χ0n) is 20.4. The number of ether oxygens (including phenoxy) is 1.